The van der Waals surface area contributed by atoms with E-state index in [0.717, 1.165) is 28.3 Å². The Morgan fingerprint density at radius 1 is 1.17 bits per heavy atom. The van der Waals surface area contributed by atoms with Crippen LogP contribution in [-0.4, -0.2) is 17.1 Å². The fraction of sp³-hybridized carbons (Fsp3) is 0.222. The second-order valence-electron chi connectivity index (χ2n) is 5.35. The molecule has 1 aliphatic heterocycles. The number of anilines is 2. The van der Waals surface area contributed by atoms with Gasteiger partial charge < -0.3 is 10.6 Å². The SMILES string of the molecule is CCc1ccccc1NC(=O)C[C@H]1Sc2ccccc2NC1=O. The van der Waals surface area contributed by atoms with Crippen molar-refractivity contribution in [2.24, 2.45) is 0 Å². The molecule has 2 amide bonds. The molecule has 2 aromatic rings. The zero-order valence-corrected chi connectivity index (χ0v) is 13.7. The van der Waals surface area contributed by atoms with E-state index in [4.69, 9.17) is 0 Å². The Morgan fingerprint density at radius 2 is 1.91 bits per heavy atom. The minimum absolute atomic E-state index is 0.118. The van der Waals surface area contributed by atoms with Gasteiger partial charge in [0, 0.05) is 17.0 Å². The summed E-state index contributed by atoms with van der Waals surface area (Å²) in [6.45, 7) is 2.05. The van der Waals surface area contributed by atoms with Crippen molar-refractivity contribution in [3.05, 3.63) is 54.1 Å². The van der Waals surface area contributed by atoms with E-state index in [2.05, 4.69) is 10.6 Å². The lowest BCUT2D eigenvalue weighted by Crippen LogP contribution is -2.32. The Balaban J connectivity index is 1.68. The molecule has 4 nitrogen and oxygen atoms in total. The van der Waals surface area contributed by atoms with Gasteiger partial charge in [0.2, 0.25) is 11.8 Å². The van der Waals surface area contributed by atoms with Crippen molar-refractivity contribution >= 4 is 35.0 Å². The van der Waals surface area contributed by atoms with Gasteiger partial charge in [-0.15, -0.1) is 11.8 Å². The highest BCUT2D eigenvalue weighted by molar-refractivity contribution is 8.01. The minimum Gasteiger partial charge on any atom is -0.326 e. The number of para-hydroxylation sites is 2. The van der Waals surface area contributed by atoms with Gasteiger partial charge >= 0.3 is 0 Å². The van der Waals surface area contributed by atoms with Crippen LogP contribution >= 0.6 is 11.8 Å². The highest BCUT2D eigenvalue weighted by atomic mass is 32.2. The maximum Gasteiger partial charge on any atom is 0.238 e. The number of hydrogen-bond acceptors (Lipinski definition) is 3. The van der Waals surface area contributed by atoms with Crippen LogP contribution in [0.15, 0.2) is 53.4 Å². The molecule has 23 heavy (non-hydrogen) atoms. The van der Waals surface area contributed by atoms with Crippen LogP contribution in [-0.2, 0) is 16.0 Å². The van der Waals surface area contributed by atoms with Crippen LogP contribution in [0, 0.1) is 0 Å². The van der Waals surface area contributed by atoms with Crippen LogP contribution in [0.4, 0.5) is 11.4 Å². The molecule has 0 saturated heterocycles. The first kappa shape index (κ1) is 15.6. The average Bonchev–Trinajstić information content (AvgIpc) is 2.56. The number of benzene rings is 2. The standard InChI is InChI=1S/C18H18N2O2S/c1-2-12-7-3-4-8-13(12)19-17(21)11-16-18(22)20-14-9-5-6-10-15(14)23-16/h3-10,16H,2,11H2,1H3,(H,19,21)(H,20,22)/t16-/m1/s1. The average molecular weight is 326 g/mol. The lowest BCUT2D eigenvalue weighted by Gasteiger charge is -2.23. The molecule has 0 fully saturated rings. The third kappa shape index (κ3) is 3.56. The molecule has 3 rings (SSSR count). The molecule has 0 aromatic heterocycles. The summed E-state index contributed by atoms with van der Waals surface area (Å²) in [4.78, 5) is 25.5. The van der Waals surface area contributed by atoms with E-state index in [-0.39, 0.29) is 18.2 Å². The quantitative estimate of drug-likeness (QED) is 0.901. The van der Waals surface area contributed by atoms with E-state index in [0.29, 0.717) is 0 Å². The molecular weight excluding hydrogens is 308 g/mol. The summed E-state index contributed by atoms with van der Waals surface area (Å²) in [5, 5.41) is 5.38. The van der Waals surface area contributed by atoms with Crippen molar-refractivity contribution in [2.75, 3.05) is 10.6 Å². The topological polar surface area (TPSA) is 58.2 Å². The van der Waals surface area contributed by atoms with Crippen LogP contribution in [0.1, 0.15) is 18.9 Å². The third-order valence-corrected chi connectivity index (χ3v) is 5.02. The van der Waals surface area contributed by atoms with Crippen LogP contribution in [0.3, 0.4) is 0 Å². The van der Waals surface area contributed by atoms with Crippen molar-refractivity contribution in [1.82, 2.24) is 0 Å². The number of amides is 2. The second kappa shape index (κ2) is 6.87. The van der Waals surface area contributed by atoms with E-state index < -0.39 is 5.25 Å². The molecule has 0 bridgehead atoms. The maximum atomic E-state index is 12.3. The number of nitrogens with one attached hydrogen (secondary N) is 2. The minimum atomic E-state index is -0.404. The van der Waals surface area contributed by atoms with E-state index >= 15 is 0 Å². The van der Waals surface area contributed by atoms with Gasteiger partial charge in [0.05, 0.1) is 10.9 Å². The predicted molar refractivity (Wildman–Crippen MR) is 93.8 cm³/mol. The highest BCUT2D eigenvalue weighted by Gasteiger charge is 2.28. The van der Waals surface area contributed by atoms with E-state index in [1.165, 1.54) is 11.8 Å². The predicted octanol–water partition coefficient (Wildman–Crippen LogP) is 3.69. The Bertz CT molecular complexity index is 745. The lowest BCUT2D eigenvalue weighted by atomic mass is 10.1. The number of aryl methyl sites for hydroxylation is 1. The van der Waals surface area contributed by atoms with Crippen molar-refractivity contribution in [3.8, 4) is 0 Å². The molecule has 2 N–H and O–H groups in total. The Hall–Kier alpha value is -2.27. The first-order chi connectivity index (χ1) is 11.2. The summed E-state index contributed by atoms with van der Waals surface area (Å²) in [5.74, 6) is -0.259. The molecule has 1 heterocycles. The first-order valence-electron chi connectivity index (χ1n) is 7.61. The van der Waals surface area contributed by atoms with Crippen molar-refractivity contribution in [3.63, 3.8) is 0 Å². The van der Waals surface area contributed by atoms with E-state index in [1.54, 1.807) is 0 Å². The maximum absolute atomic E-state index is 12.3. The molecule has 0 aliphatic carbocycles. The summed E-state index contributed by atoms with van der Waals surface area (Å²) >= 11 is 1.44. The zero-order valence-electron chi connectivity index (χ0n) is 12.8. The van der Waals surface area contributed by atoms with Crippen LogP contribution < -0.4 is 10.6 Å². The van der Waals surface area contributed by atoms with Gasteiger partial charge in [-0.05, 0) is 30.2 Å². The molecule has 0 radical (unpaired) electrons. The largest absolute Gasteiger partial charge is 0.326 e. The molecule has 2 aromatic carbocycles. The Kier molecular flexibility index (Phi) is 4.67. The first-order valence-corrected chi connectivity index (χ1v) is 8.49. The zero-order chi connectivity index (χ0) is 16.2. The van der Waals surface area contributed by atoms with E-state index in [9.17, 15) is 9.59 Å². The molecule has 1 atom stereocenters. The van der Waals surface area contributed by atoms with Crippen molar-refractivity contribution in [1.29, 1.82) is 0 Å². The van der Waals surface area contributed by atoms with Gasteiger partial charge in [-0.2, -0.15) is 0 Å². The fourth-order valence-electron chi connectivity index (χ4n) is 2.55. The summed E-state index contributed by atoms with van der Waals surface area (Å²) in [7, 11) is 0. The molecule has 118 valence electrons. The smallest absolute Gasteiger partial charge is 0.238 e. The molecular formula is C18H18N2O2S. The van der Waals surface area contributed by atoms with Crippen molar-refractivity contribution in [2.45, 2.75) is 29.9 Å². The summed E-state index contributed by atoms with van der Waals surface area (Å²) < 4.78 is 0. The highest BCUT2D eigenvalue weighted by Crippen LogP contribution is 2.36. The van der Waals surface area contributed by atoms with Crippen LogP contribution in [0.2, 0.25) is 0 Å². The number of hydrogen-bond donors (Lipinski definition) is 2. The molecule has 0 unspecified atom stereocenters. The van der Waals surface area contributed by atoms with E-state index in [1.807, 2.05) is 55.5 Å². The lowest BCUT2D eigenvalue weighted by molar-refractivity contribution is -0.120. The number of fused-ring (bicyclic) bond motifs is 1. The van der Waals surface area contributed by atoms with Crippen LogP contribution in [0.25, 0.3) is 0 Å². The normalized spacial score (nSPS) is 16.4. The third-order valence-electron chi connectivity index (χ3n) is 3.75. The number of thioether (sulfide) groups is 1. The van der Waals surface area contributed by atoms with Gasteiger partial charge in [-0.25, -0.2) is 0 Å². The monoisotopic (exact) mass is 326 g/mol. The van der Waals surface area contributed by atoms with Gasteiger partial charge in [0.25, 0.3) is 0 Å². The Labute approximate surface area is 139 Å². The molecule has 5 heteroatoms. The molecule has 0 spiro atoms. The summed E-state index contributed by atoms with van der Waals surface area (Å²) in [6, 6.07) is 15.4. The number of carbonyl (C=O) groups excluding carboxylic acids is 2. The number of rotatable bonds is 4. The summed E-state index contributed by atoms with van der Waals surface area (Å²) in [5.41, 5.74) is 2.73. The summed E-state index contributed by atoms with van der Waals surface area (Å²) in [6.07, 6.45) is 1.01. The van der Waals surface area contributed by atoms with Gasteiger partial charge in [-0.1, -0.05) is 37.3 Å². The van der Waals surface area contributed by atoms with Crippen LogP contribution in [0.5, 0.6) is 0 Å². The molecule has 1 aliphatic rings. The number of carbonyl (C=O) groups is 2. The second-order valence-corrected chi connectivity index (χ2v) is 6.60. The Morgan fingerprint density at radius 3 is 2.74 bits per heavy atom. The fourth-order valence-corrected chi connectivity index (χ4v) is 3.66. The van der Waals surface area contributed by atoms with Gasteiger partial charge in [0.15, 0.2) is 0 Å². The van der Waals surface area contributed by atoms with Gasteiger partial charge in [-0.3, -0.25) is 9.59 Å². The molecule has 0 saturated carbocycles. The van der Waals surface area contributed by atoms with Gasteiger partial charge in [0.1, 0.15) is 0 Å². The van der Waals surface area contributed by atoms with Crippen molar-refractivity contribution < 1.29 is 9.59 Å².